The van der Waals surface area contributed by atoms with Gasteiger partial charge in [-0.15, -0.1) is 0 Å². The number of esters is 1. The van der Waals surface area contributed by atoms with Gasteiger partial charge in [0, 0.05) is 25.5 Å². The number of likely N-dealkylation sites (N-methyl/N-ethyl adjacent to an activating group) is 1. The molecule has 3 saturated heterocycles. The molecule has 1 unspecified atom stereocenters. The topological polar surface area (TPSA) is 191 Å². The van der Waals surface area contributed by atoms with E-state index in [0.717, 1.165) is 12.6 Å². The van der Waals surface area contributed by atoms with Crippen LogP contribution < -0.4 is 15.9 Å². The molecule has 3 aromatic rings. The van der Waals surface area contributed by atoms with Crippen LogP contribution in [0.3, 0.4) is 0 Å². The number of rotatable bonds is 18. The van der Waals surface area contributed by atoms with Crippen molar-refractivity contribution in [3.63, 3.8) is 0 Å². The molecule has 6 rings (SSSR count). The number of carbonyl (C=O) groups is 2. The smallest absolute Gasteiger partial charge is 0.388 e. The first-order chi connectivity index (χ1) is 37.7. The number of aliphatic hydroxyl groups excluding tert-OH is 3. The van der Waals surface area contributed by atoms with Crippen LogP contribution in [0.2, 0.25) is 0 Å². The fraction of sp³-hybridized carbons (Fsp3) is 0.688. The first kappa shape index (κ1) is 65.7. The average molecular weight is 1140 g/mol. The average Bonchev–Trinajstić information content (AvgIpc) is 3.52. The van der Waals surface area contributed by atoms with Gasteiger partial charge in [0.1, 0.15) is 23.9 Å². The zero-order valence-electron chi connectivity index (χ0n) is 50.7. The van der Waals surface area contributed by atoms with Crippen LogP contribution in [0.1, 0.15) is 121 Å². The molecule has 0 spiro atoms. The predicted molar refractivity (Wildman–Crippen MR) is 319 cm³/mol. The molecule has 3 aliphatic rings. The van der Waals surface area contributed by atoms with Crippen molar-refractivity contribution in [3.8, 4) is 0 Å². The number of cyclic esters (lactones) is 1. The summed E-state index contributed by atoms with van der Waals surface area (Å²) in [5, 5.41) is 65.0. The van der Waals surface area contributed by atoms with E-state index in [1.54, 1.807) is 27.9 Å². The minimum Gasteiger partial charge on any atom is -0.388 e. The summed E-state index contributed by atoms with van der Waals surface area (Å²) in [7, 11) is 4.71. The van der Waals surface area contributed by atoms with Crippen LogP contribution in [0.5, 0.6) is 0 Å². The second-order valence-corrected chi connectivity index (χ2v) is 29.2. The molecular formula is C64H102N3O12P. The maximum atomic E-state index is 14.8. The van der Waals surface area contributed by atoms with E-state index in [1.807, 2.05) is 72.5 Å². The molecule has 0 bridgehead atoms. The Balaban J connectivity index is 1.25. The normalized spacial score (nSPS) is 36.6. The Kier molecular flexibility index (Phi) is 23.4. The molecule has 5 N–H and O–H groups in total. The Morgan fingerprint density at radius 2 is 1.35 bits per heavy atom. The third-order valence-corrected chi connectivity index (χ3v) is 23.7. The van der Waals surface area contributed by atoms with Gasteiger partial charge in [-0.1, -0.05) is 27.7 Å². The van der Waals surface area contributed by atoms with Gasteiger partial charge in [0.15, 0.2) is 6.29 Å². The van der Waals surface area contributed by atoms with E-state index < -0.39 is 103 Å². The van der Waals surface area contributed by atoms with E-state index in [-0.39, 0.29) is 43.2 Å². The van der Waals surface area contributed by atoms with Crippen molar-refractivity contribution in [2.75, 3.05) is 54.0 Å². The number of benzene rings is 3. The van der Waals surface area contributed by atoms with E-state index in [1.165, 1.54) is 22.8 Å². The van der Waals surface area contributed by atoms with Gasteiger partial charge in [-0.05, 0) is 73.9 Å². The quantitative estimate of drug-likeness (QED) is 0.0543. The Labute approximate surface area is 480 Å². The Bertz CT molecular complexity index is 2270. The van der Waals surface area contributed by atoms with Crippen molar-refractivity contribution in [1.82, 2.24) is 14.7 Å². The molecule has 0 radical (unpaired) electrons. The number of carbonyl (C=O) groups excluding carboxylic acids is 2. The van der Waals surface area contributed by atoms with Crippen molar-refractivity contribution in [2.45, 2.75) is 205 Å². The van der Waals surface area contributed by atoms with E-state index in [0.29, 0.717) is 45.3 Å². The summed E-state index contributed by atoms with van der Waals surface area (Å²) in [6.45, 7) is 19.7. The molecule has 3 aliphatic heterocycles. The molecule has 16 heteroatoms. The van der Waals surface area contributed by atoms with Crippen LogP contribution >= 0.6 is 7.26 Å². The molecule has 1 amide bonds. The fourth-order valence-corrected chi connectivity index (χ4v) is 18.8. The Hall–Kier alpha value is -3.41. The number of nitrogens with zero attached hydrogens (tertiary/aromatic N) is 3. The summed E-state index contributed by atoms with van der Waals surface area (Å²) < 4.78 is 32.3. The number of aliphatic hydroxyl groups is 5. The second kappa shape index (κ2) is 28.4. The van der Waals surface area contributed by atoms with Crippen molar-refractivity contribution >= 4 is 35.1 Å². The molecule has 0 aliphatic carbocycles. The van der Waals surface area contributed by atoms with Crippen molar-refractivity contribution in [3.05, 3.63) is 91.0 Å². The molecule has 0 saturated carbocycles. The molecule has 80 heavy (non-hydrogen) atoms. The summed E-state index contributed by atoms with van der Waals surface area (Å²) in [6.07, 6.45) is -3.93. The summed E-state index contributed by atoms with van der Waals surface area (Å²) in [5.41, 5.74) is -4.54. The van der Waals surface area contributed by atoms with Gasteiger partial charge in [0.25, 0.3) is 0 Å². The number of ether oxygens (including phenoxy) is 5. The van der Waals surface area contributed by atoms with Crippen LogP contribution in [0.4, 0.5) is 0 Å². The number of hydrogen-bond acceptors (Lipinski definition) is 14. The Morgan fingerprint density at radius 3 is 1.88 bits per heavy atom. The minimum absolute atomic E-state index is 0.0856. The third-order valence-electron chi connectivity index (χ3n) is 18.8. The van der Waals surface area contributed by atoms with E-state index in [4.69, 9.17) is 23.7 Å². The van der Waals surface area contributed by atoms with Crippen molar-refractivity contribution in [2.24, 2.45) is 23.7 Å². The van der Waals surface area contributed by atoms with Crippen LogP contribution in [0, 0.1) is 23.7 Å². The van der Waals surface area contributed by atoms with Crippen LogP contribution in [-0.4, -0.2) is 190 Å². The van der Waals surface area contributed by atoms with Gasteiger partial charge < -0.3 is 54.1 Å². The molecule has 15 nitrogen and oxygen atoms in total. The standard InChI is InChI=1S/C64H102N3O12P/c1-15-53-64(10,74)57(70)46(6)67(35-27-19-26-34-54(68)66(13)36-37-80(48-28-20-16-21-29-48,49-30-22-17-23-31-49)50-32-24-18-25-33-50)41-42(2)39-62(8,73)59(79-61-56(69)51(65(11)12)38-43(3)76-61)44(4)55(45(5)60(72)78-53)52-40-63(9,75-14)58(71)47(7)77-52/h16-18,20-25,28-33,42-47,51-53,55-59,61,69-71,73-74,80H,15,19,26-27,34-41H2,1-14H3/t42-,43-,44+,45-,46-,47+,51+,52-,53-,55?,56-,57-,58+,59-,61+,62-,63-,64-/m1/s1. The molecular weight excluding hydrogens is 1030 g/mol. The summed E-state index contributed by atoms with van der Waals surface area (Å²) in [5.74, 6) is -3.09. The predicted octanol–water partition coefficient (Wildman–Crippen LogP) is 6.29. The summed E-state index contributed by atoms with van der Waals surface area (Å²) >= 11 is 0. The Morgan fingerprint density at radius 1 is 0.787 bits per heavy atom. The van der Waals surface area contributed by atoms with Gasteiger partial charge in [-0.3, -0.25) is 4.79 Å². The number of hydrogen-bond donors (Lipinski definition) is 5. The van der Waals surface area contributed by atoms with E-state index >= 15 is 0 Å². The molecule has 3 aromatic carbocycles. The monoisotopic (exact) mass is 1140 g/mol. The zero-order valence-corrected chi connectivity index (χ0v) is 51.7. The maximum absolute atomic E-state index is 14.8. The number of amides is 1. The summed E-state index contributed by atoms with van der Waals surface area (Å²) in [6, 6.07) is 31.3. The minimum atomic E-state index is -2.54. The molecule has 450 valence electrons. The van der Waals surface area contributed by atoms with Crippen LogP contribution in [0.25, 0.3) is 0 Å². The van der Waals surface area contributed by atoms with Crippen LogP contribution in [0.15, 0.2) is 91.0 Å². The van der Waals surface area contributed by atoms with E-state index in [2.05, 4.69) is 95.9 Å². The van der Waals surface area contributed by atoms with Crippen LogP contribution in [-0.2, 0) is 33.3 Å². The third kappa shape index (κ3) is 15.1. The van der Waals surface area contributed by atoms with Gasteiger partial charge in [-0.25, -0.2) is 0 Å². The van der Waals surface area contributed by atoms with Crippen molar-refractivity contribution < 1.29 is 58.8 Å². The molecule has 3 fully saturated rings. The molecule has 18 atom stereocenters. The SMILES string of the molecule is CC[C@H]1OC(=O)[C@H](C)C([C@H]2C[C@@](C)(OC)[C@@H](O)[C@H](C)O2)[C@H](C)[C@@H](O[C@@H]2O[C@H](C)C[C@H](N(C)C)[C@H]2O)[C@](C)(O)C[C@@H](C)CN(CCCCCC(=O)N(C)CC[PH](c2ccccc2)(c2ccccc2)c2ccccc2)[C@H](C)[C@@H](O)[C@]1(C)O. The number of unbranched alkanes of at least 4 members (excludes halogenated alkanes) is 2. The molecule has 3 heterocycles. The second-order valence-electron chi connectivity index (χ2n) is 25.2. The molecule has 0 aromatic heterocycles. The van der Waals surface area contributed by atoms with Gasteiger partial charge >= 0.3 is 224 Å². The number of methoxy groups -OCH3 is 1. The van der Waals surface area contributed by atoms with Gasteiger partial charge in [0.05, 0.1) is 41.5 Å². The van der Waals surface area contributed by atoms with Gasteiger partial charge in [0.2, 0.25) is 0 Å². The van der Waals surface area contributed by atoms with Crippen molar-refractivity contribution in [1.29, 1.82) is 0 Å². The first-order valence-corrected chi connectivity index (χ1v) is 32.0. The zero-order chi connectivity index (χ0) is 58.9. The fourth-order valence-electron chi connectivity index (χ4n) is 14.0. The van der Waals surface area contributed by atoms with Gasteiger partial charge in [-0.2, -0.15) is 0 Å². The first-order valence-electron chi connectivity index (χ1n) is 29.8. The summed E-state index contributed by atoms with van der Waals surface area (Å²) in [4.78, 5) is 34.8. The van der Waals surface area contributed by atoms with E-state index in [9.17, 15) is 35.1 Å².